The van der Waals surface area contributed by atoms with E-state index in [9.17, 15) is 4.79 Å². The minimum atomic E-state index is -0.393. The maximum atomic E-state index is 11.8. The van der Waals surface area contributed by atoms with Crippen molar-refractivity contribution in [3.05, 3.63) is 25.9 Å². The van der Waals surface area contributed by atoms with Gasteiger partial charge in [-0.3, -0.25) is 4.79 Å². The molecule has 18 heavy (non-hydrogen) atoms. The molecule has 2 unspecified atom stereocenters. The molecule has 1 N–H and O–H groups in total. The van der Waals surface area contributed by atoms with Gasteiger partial charge in [-0.05, 0) is 54.7 Å². The third-order valence-corrected chi connectivity index (χ3v) is 4.33. The molecule has 0 spiro atoms. The van der Waals surface area contributed by atoms with Crippen molar-refractivity contribution in [1.82, 2.24) is 9.97 Å². The van der Waals surface area contributed by atoms with Crippen LogP contribution in [-0.2, 0) is 10.3 Å². The van der Waals surface area contributed by atoms with Gasteiger partial charge < -0.3 is 9.72 Å². The summed E-state index contributed by atoms with van der Waals surface area (Å²) in [5, 5.41) is 0. The summed E-state index contributed by atoms with van der Waals surface area (Å²) in [6.07, 6.45) is 5.86. The maximum absolute atomic E-state index is 11.8. The van der Waals surface area contributed by atoms with Crippen LogP contribution in [0.3, 0.4) is 0 Å². The van der Waals surface area contributed by atoms with E-state index in [2.05, 4.69) is 16.9 Å². The minimum Gasteiger partial charge on any atom is -0.367 e. The molecule has 0 aromatic carbocycles. The van der Waals surface area contributed by atoms with Gasteiger partial charge in [0.25, 0.3) is 5.56 Å². The van der Waals surface area contributed by atoms with Crippen LogP contribution >= 0.6 is 22.6 Å². The lowest BCUT2D eigenvalue weighted by Gasteiger charge is -2.38. The zero-order chi connectivity index (χ0) is 13.2. The van der Waals surface area contributed by atoms with Crippen molar-refractivity contribution in [2.75, 3.05) is 6.61 Å². The number of ether oxygens (including phenoxy) is 1. The number of rotatable bonds is 3. The van der Waals surface area contributed by atoms with E-state index in [1.807, 2.05) is 29.5 Å². The summed E-state index contributed by atoms with van der Waals surface area (Å²) in [4.78, 5) is 19.0. The molecule has 0 bridgehead atoms. The Bertz CT molecular complexity index is 470. The molecule has 0 amide bonds. The lowest BCUT2D eigenvalue weighted by molar-refractivity contribution is -0.0882. The topological polar surface area (TPSA) is 55.0 Å². The zero-order valence-corrected chi connectivity index (χ0v) is 13.0. The molecule has 2 atom stereocenters. The summed E-state index contributed by atoms with van der Waals surface area (Å²) in [7, 11) is 0. The molecule has 0 saturated heterocycles. The molecule has 2 rings (SSSR count). The first-order chi connectivity index (χ1) is 8.57. The Morgan fingerprint density at radius 1 is 1.67 bits per heavy atom. The number of hydrogen-bond donors (Lipinski definition) is 1. The van der Waals surface area contributed by atoms with E-state index in [0.717, 1.165) is 19.3 Å². The van der Waals surface area contributed by atoms with Crippen LogP contribution in [0, 0.1) is 9.49 Å². The van der Waals surface area contributed by atoms with Crippen LogP contribution in [0.2, 0.25) is 0 Å². The summed E-state index contributed by atoms with van der Waals surface area (Å²) < 4.78 is 6.60. The Kier molecular flexibility index (Phi) is 4.42. The molecular formula is C13H19IN2O2. The molecule has 1 aliphatic carbocycles. The van der Waals surface area contributed by atoms with Gasteiger partial charge in [-0.25, -0.2) is 4.98 Å². The van der Waals surface area contributed by atoms with Crippen LogP contribution in [0.1, 0.15) is 45.4 Å². The highest BCUT2D eigenvalue weighted by molar-refractivity contribution is 14.1. The summed E-state index contributed by atoms with van der Waals surface area (Å²) in [6, 6.07) is 0. The third-order valence-electron chi connectivity index (χ3n) is 3.56. The Hall–Kier alpha value is -0.430. The van der Waals surface area contributed by atoms with Gasteiger partial charge in [0, 0.05) is 12.8 Å². The maximum Gasteiger partial charge on any atom is 0.264 e. The average molecular weight is 362 g/mol. The van der Waals surface area contributed by atoms with Crippen molar-refractivity contribution in [2.24, 2.45) is 5.92 Å². The lowest BCUT2D eigenvalue weighted by Crippen LogP contribution is -2.38. The first-order valence-electron chi connectivity index (χ1n) is 6.46. The highest BCUT2D eigenvalue weighted by Gasteiger charge is 2.39. The molecule has 1 aromatic heterocycles. The predicted molar refractivity (Wildman–Crippen MR) is 78.5 cm³/mol. The van der Waals surface area contributed by atoms with Crippen LogP contribution in [0.4, 0.5) is 0 Å². The Balaban J connectivity index is 2.39. The van der Waals surface area contributed by atoms with Crippen LogP contribution in [-0.4, -0.2) is 16.6 Å². The number of aromatic nitrogens is 2. The van der Waals surface area contributed by atoms with E-state index in [0.29, 0.717) is 21.9 Å². The summed E-state index contributed by atoms with van der Waals surface area (Å²) in [6.45, 7) is 4.87. The van der Waals surface area contributed by atoms with Gasteiger partial charge in [0.05, 0.1) is 3.57 Å². The number of halogens is 1. The SMILES string of the molecule is CCOC1(c2ncc(I)c(=O)[nH]2)CCCC(C)C1. The molecule has 0 radical (unpaired) electrons. The number of aromatic amines is 1. The number of nitrogens with one attached hydrogen (secondary N) is 1. The minimum absolute atomic E-state index is 0.0714. The first kappa shape index (κ1) is 14.0. The average Bonchev–Trinajstić information content (AvgIpc) is 2.33. The van der Waals surface area contributed by atoms with Gasteiger partial charge in [-0.1, -0.05) is 13.3 Å². The first-order valence-corrected chi connectivity index (χ1v) is 7.54. The fraction of sp³-hybridized carbons (Fsp3) is 0.692. The Morgan fingerprint density at radius 2 is 2.44 bits per heavy atom. The van der Waals surface area contributed by atoms with E-state index in [1.54, 1.807) is 6.20 Å². The van der Waals surface area contributed by atoms with Gasteiger partial charge >= 0.3 is 0 Å². The van der Waals surface area contributed by atoms with E-state index in [1.165, 1.54) is 6.42 Å². The number of hydrogen-bond acceptors (Lipinski definition) is 3. The normalized spacial score (nSPS) is 28.3. The van der Waals surface area contributed by atoms with Crippen molar-refractivity contribution in [3.8, 4) is 0 Å². The van der Waals surface area contributed by atoms with Crippen molar-refractivity contribution in [3.63, 3.8) is 0 Å². The third kappa shape index (κ3) is 2.77. The molecule has 1 heterocycles. The molecule has 1 aliphatic rings. The van der Waals surface area contributed by atoms with Crippen molar-refractivity contribution in [1.29, 1.82) is 0 Å². The molecule has 0 aliphatic heterocycles. The van der Waals surface area contributed by atoms with Crippen LogP contribution in [0.5, 0.6) is 0 Å². The van der Waals surface area contributed by atoms with Crippen LogP contribution in [0.15, 0.2) is 11.0 Å². The zero-order valence-electron chi connectivity index (χ0n) is 10.8. The summed E-state index contributed by atoms with van der Waals surface area (Å²) in [5.74, 6) is 1.30. The lowest BCUT2D eigenvalue weighted by atomic mass is 9.78. The molecule has 100 valence electrons. The van der Waals surface area contributed by atoms with Gasteiger partial charge in [0.15, 0.2) is 0 Å². The second kappa shape index (κ2) is 5.69. The monoisotopic (exact) mass is 362 g/mol. The van der Waals surface area contributed by atoms with E-state index in [-0.39, 0.29) is 5.56 Å². The van der Waals surface area contributed by atoms with Gasteiger partial charge in [-0.2, -0.15) is 0 Å². The molecule has 5 heteroatoms. The second-order valence-corrected chi connectivity index (χ2v) is 6.20. The Labute approximate surface area is 121 Å². The highest BCUT2D eigenvalue weighted by atomic mass is 127. The standard InChI is InChI=1S/C13H19IN2O2/c1-3-18-13(6-4-5-9(2)7-13)12-15-8-10(14)11(17)16-12/h8-9H,3-7H2,1-2H3,(H,15,16,17). The summed E-state index contributed by atoms with van der Waals surface area (Å²) in [5.41, 5.74) is -0.464. The Morgan fingerprint density at radius 3 is 3.06 bits per heavy atom. The van der Waals surface area contributed by atoms with Crippen LogP contribution < -0.4 is 5.56 Å². The van der Waals surface area contributed by atoms with E-state index >= 15 is 0 Å². The van der Waals surface area contributed by atoms with Crippen LogP contribution in [0.25, 0.3) is 0 Å². The second-order valence-electron chi connectivity index (χ2n) is 5.04. The molecule has 1 aromatic rings. The molecule has 4 nitrogen and oxygen atoms in total. The van der Waals surface area contributed by atoms with Crippen molar-refractivity contribution < 1.29 is 4.74 Å². The van der Waals surface area contributed by atoms with Gasteiger partial charge in [0.1, 0.15) is 11.4 Å². The number of H-pyrrole nitrogens is 1. The quantitative estimate of drug-likeness (QED) is 0.842. The van der Waals surface area contributed by atoms with Crippen molar-refractivity contribution in [2.45, 2.75) is 45.1 Å². The molecule has 1 saturated carbocycles. The number of nitrogens with zero attached hydrogens (tertiary/aromatic N) is 1. The fourth-order valence-corrected chi connectivity index (χ4v) is 3.08. The molecule has 1 fully saturated rings. The van der Waals surface area contributed by atoms with E-state index in [4.69, 9.17) is 4.74 Å². The van der Waals surface area contributed by atoms with E-state index < -0.39 is 5.60 Å². The highest BCUT2D eigenvalue weighted by Crippen LogP contribution is 2.41. The largest absolute Gasteiger partial charge is 0.367 e. The van der Waals surface area contributed by atoms with Gasteiger partial charge in [0.2, 0.25) is 0 Å². The van der Waals surface area contributed by atoms with Crippen molar-refractivity contribution >= 4 is 22.6 Å². The molecular weight excluding hydrogens is 343 g/mol. The smallest absolute Gasteiger partial charge is 0.264 e. The fourth-order valence-electron chi connectivity index (χ4n) is 2.80. The van der Waals surface area contributed by atoms with Gasteiger partial charge in [-0.15, -0.1) is 0 Å². The summed E-state index contributed by atoms with van der Waals surface area (Å²) >= 11 is 2.00. The predicted octanol–water partition coefficient (Wildman–Crippen LogP) is 2.82.